The minimum Gasteiger partial charge on any atom is -0.507 e. The highest BCUT2D eigenvalue weighted by atomic mass is 19.1. The monoisotopic (exact) mass is 407 g/mol. The van der Waals surface area contributed by atoms with Crippen LogP contribution in [0.1, 0.15) is 25.7 Å². The first-order valence-electron chi connectivity index (χ1n) is 10.2. The number of nitrogens with zero attached hydrogens (tertiary/aromatic N) is 5. The molecular formula is C22H22FN5O2. The molecule has 0 unspecified atom stereocenters. The van der Waals surface area contributed by atoms with Gasteiger partial charge in [0.15, 0.2) is 11.6 Å². The first kappa shape index (κ1) is 18.7. The van der Waals surface area contributed by atoms with Gasteiger partial charge in [0.1, 0.15) is 24.2 Å². The maximum atomic E-state index is 14.5. The number of rotatable bonds is 3. The molecule has 0 amide bonds. The maximum absolute atomic E-state index is 14.5. The van der Waals surface area contributed by atoms with E-state index >= 15 is 0 Å². The van der Waals surface area contributed by atoms with Gasteiger partial charge in [-0.05, 0) is 37.1 Å². The minimum absolute atomic E-state index is 0.0659. The molecule has 154 valence electrons. The van der Waals surface area contributed by atoms with E-state index < -0.39 is 6.17 Å². The highest BCUT2D eigenvalue weighted by Gasteiger charge is 2.34. The summed E-state index contributed by atoms with van der Waals surface area (Å²) in [4.78, 5) is 2.00. The molecule has 1 aliphatic carbocycles. The van der Waals surface area contributed by atoms with E-state index in [4.69, 9.17) is 4.74 Å². The highest BCUT2D eigenvalue weighted by molar-refractivity contribution is 5.74. The van der Waals surface area contributed by atoms with Crippen molar-refractivity contribution in [3.8, 4) is 34.0 Å². The number of phenols is 1. The first-order chi connectivity index (χ1) is 14.7. The van der Waals surface area contributed by atoms with Gasteiger partial charge >= 0.3 is 0 Å². The van der Waals surface area contributed by atoms with Crippen LogP contribution in [-0.4, -0.2) is 50.9 Å². The van der Waals surface area contributed by atoms with Crippen LogP contribution in [0.5, 0.6) is 11.5 Å². The summed E-state index contributed by atoms with van der Waals surface area (Å²) in [7, 11) is 0. The van der Waals surface area contributed by atoms with Gasteiger partial charge in [0.2, 0.25) is 0 Å². The lowest BCUT2D eigenvalue weighted by molar-refractivity contribution is 0.195. The second kappa shape index (κ2) is 7.85. The molecule has 0 saturated heterocycles. The van der Waals surface area contributed by atoms with Crippen LogP contribution in [0.3, 0.4) is 0 Å². The third kappa shape index (κ3) is 3.42. The number of hydrogen-bond donors (Lipinski definition) is 1. The molecule has 8 heteroatoms. The van der Waals surface area contributed by atoms with Crippen molar-refractivity contribution in [1.82, 2.24) is 20.4 Å². The van der Waals surface area contributed by atoms with Crippen molar-refractivity contribution in [2.45, 2.75) is 37.9 Å². The molecule has 2 aliphatic rings. The van der Waals surface area contributed by atoms with Gasteiger partial charge in [-0.2, -0.15) is 10.2 Å². The van der Waals surface area contributed by atoms with Gasteiger partial charge in [0.05, 0.1) is 18.3 Å². The van der Waals surface area contributed by atoms with Crippen molar-refractivity contribution in [3.63, 3.8) is 0 Å². The van der Waals surface area contributed by atoms with Crippen molar-refractivity contribution >= 4 is 5.82 Å². The Balaban J connectivity index is 1.46. The van der Waals surface area contributed by atoms with Crippen molar-refractivity contribution in [1.29, 1.82) is 0 Å². The summed E-state index contributed by atoms with van der Waals surface area (Å²) in [6, 6.07) is 10.5. The summed E-state index contributed by atoms with van der Waals surface area (Å²) in [5.41, 5.74) is 2.46. The quantitative estimate of drug-likeness (QED) is 0.707. The summed E-state index contributed by atoms with van der Waals surface area (Å²) < 4.78 is 20.3. The zero-order chi connectivity index (χ0) is 20.5. The van der Waals surface area contributed by atoms with Gasteiger partial charge in [-0.15, -0.1) is 10.2 Å². The third-order valence-corrected chi connectivity index (χ3v) is 5.79. The number of ether oxygens (including phenoxy) is 1. The Hall–Kier alpha value is -3.29. The Morgan fingerprint density at radius 3 is 2.73 bits per heavy atom. The Bertz CT molecular complexity index is 1050. The van der Waals surface area contributed by atoms with E-state index in [1.54, 1.807) is 30.5 Å². The molecule has 3 heterocycles. The number of aromatic nitrogens is 4. The Kier molecular flexibility index (Phi) is 4.90. The van der Waals surface area contributed by atoms with Crippen LogP contribution >= 0.6 is 0 Å². The van der Waals surface area contributed by atoms with Crippen LogP contribution in [0.15, 0.2) is 42.6 Å². The fourth-order valence-corrected chi connectivity index (χ4v) is 4.27. The van der Waals surface area contributed by atoms with Gasteiger partial charge in [-0.1, -0.05) is 18.9 Å². The molecule has 1 N–H and O–H groups in total. The van der Waals surface area contributed by atoms with Gasteiger partial charge in [-0.3, -0.25) is 0 Å². The van der Waals surface area contributed by atoms with E-state index in [1.807, 2.05) is 17.0 Å². The summed E-state index contributed by atoms with van der Waals surface area (Å²) in [6.07, 6.45) is 4.11. The SMILES string of the molecule is Oc1cc(-c2cccnn2)ccc1-c1cc2c(nn1)N([C@@H]1CCCC[C@@H]1F)CCO2. The predicted molar refractivity (Wildman–Crippen MR) is 110 cm³/mol. The summed E-state index contributed by atoms with van der Waals surface area (Å²) in [5.74, 6) is 1.22. The van der Waals surface area contributed by atoms with Crippen molar-refractivity contribution in [2.24, 2.45) is 0 Å². The van der Waals surface area contributed by atoms with Gasteiger partial charge in [0, 0.05) is 23.4 Å². The molecule has 7 nitrogen and oxygen atoms in total. The van der Waals surface area contributed by atoms with Crippen molar-refractivity contribution in [2.75, 3.05) is 18.1 Å². The average Bonchev–Trinajstić information content (AvgIpc) is 2.79. The summed E-state index contributed by atoms with van der Waals surface area (Å²) >= 11 is 0. The molecule has 2 atom stereocenters. The van der Waals surface area contributed by atoms with Crippen LogP contribution in [0, 0.1) is 0 Å². The number of fused-ring (bicyclic) bond motifs is 1. The fraction of sp³-hybridized carbons (Fsp3) is 0.364. The Labute approximate surface area is 173 Å². The topological polar surface area (TPSA) is 84.3 Å². The third-order valence-electron chi connectivity index (χ3n) is 5.79. The molecule has 2 aromatic heterocycles. The van der Waals surface area contributed by atoms with Crippen LogP contribution in [0.2, 0.25) is 0 Å². The second-order valence-electron chi connectivity index (χ2n) is 7.67. The molecule has 0 bridgehead atoms. The first-order valence-corrected chi connectivity index (χ1v) is 10.2. The number of aromatic hydroxyl groups is 1. The minimum atomic E-state index is -0.858. The van der Waals surface area contributed by atoms with E-state index in [2.05, 4.69) is 20.4 Å². The summed E-state index contributed by atoms with van der Waals surface area (Å²) in [6.45, 7) is 1.07. The average molecular weight is 407 g/mol. The lowest BCUT2D eigenvalue weighted by Gasteiger charge is -2.39. The molecule has 1 aromatic carbocycles. The van der Waals surface area contributed by atoms with Crippen molar-refractivity contribution < 1.29 is 14.2 Å². The molecule has 5 rings (SSSR count). The standard InChI is InChI=1S/C22H22FN5O2/c23-16-4-1-2-6-19(16)28-10-11-30-21-13-18(26-27-22(21)28)15-8-7-14(12-20(15)29)17-5-3-9-24-25-17/h3,5,7-9,12-13,16,19,29H,1-2,4,6,10-11H2/t16-,19+/m0/s1. The van der Waals surface area contributed by atoms with E-state index in [9.17, 15) is 9.50 Å². The number of halogens is 1. The number of anilines is 1. The van der Waals surface area contributed by atoms with Crippen LogP contribution in [0.25, 0.3) is 22.5 Å². The molecule has 1 saturated carbocycles. The van der Waals surface area contributed by atoms with Gasteiger partial charge < -0.3 is 14.7 Å². The van der Waals surface area contributed by atoms with Gasteiger partial charge in [-0.25, -0.2) is 4.39 Å². The number of benzene rings is 1. The van der Waals surface area contributed by atoms with Crippen molar-refractivity contribution in [3.05, 3.63) is 42.6 Å². The molecule has 1 fully saturated rings. The lowest BCUT2D eigenvalue weighted by Crippen LogP contribution is -2.48. The smallest absolute Gasteiger partial charge is 0.194 e. The van der Waals surface area contributed by atoms with Crippen LogP contribution in [0.4, 0.5) is 10.2 Å². The van der Waals surface area contributed by atoms with E-state index in [0.29, 0.717) is 48.1 Å². The summed E-state index contributed by atoms with van der Waals surface area (Å²) in [5, 5.41) is 27.2. The fourth-order valence-electron chi connectivity index (χ4n) is 4.27. The number of alkyl halides is 1. The highest BCUT2D eigenvalue weighted by Crippen LogP contribution is 2.39. The molecule has 0 spiro atoms. The molecule has 30 heavy (non-hydrogen) atoms. The lowest BCUT2D eigenvalue weighted by atomic mass is 9.92. The molecule has 1 aliphatic heterocycles. The van der Waals surface area contributed by atoms with E-state index in [-0.39, 0.29) is 11.8 Å². The second-order valence-corrected chi connectivity index (χ2v) is 7.67. The predicted octanol–water partition coefficient (Wildman–Crippen LogP) is 3.79. The zero-order valence-electron chi connectivity index (χ0n) is 16.4. The maximum Gasteiger partial charge on any atom is 0.194 e. The zero-order valence-corrected chi connectivity index (χ0v) is 16.4. The van der Waals surface area contributed by atoms with Crippen LogP contribution in [-0.2, 0) is 0 Å². The Morgan fingerprint density at radius 1 is 1.03 bits per heavy atom. The number of hydrogen-bond acceptors (Lipinski definition) is 7. The number of phenolic OH excluding ortho intramolecular Hbond substituents is 1. The Morgan fingerprint density at radius 2 is 1.93 bits per heavy atom. The molecule has 0 radical (unpaired) electrons. The molecular weight excluding hydrogens is 385 g/mol. The van der Waals surface area contributed by atoms with Gasteiger partial charge in [0.25, 0.3) is 0 Å². The normalized spacial score (nSPS) is 21.0. The van der Waals surface area contributed by atoms with E-state index in [0.717, 1.165) is 24.8 Å². The molecule has 3 aromatic rings. The van der Waals surface area contributed by atoms with E-state index in [1.165, 1.54) is 0 Å². The van der Waals surface area contributed by atoms with Crippen LogP contribution < -0.4 is 9.64 Å². The largest absolute Gasteiger partial charge is 0.507 e.